The second-order valence-corrected chi connectivity index (χ2v) is 4.32. The fourth-order valence-electron chi connectivity index (χ4n) is 1.25. The van der Waals surface area contributed by atoms with Crippen LogP contribution in [0.25, 0.3) is 0 Å². The molecule has 1 N–H and O–H groups in total. The summed E-state index contributed by atoms with van der Waals surface area (Å²) in [7, 11) is 0. The molecule has 0 atom stereocenters. The Morgan fingerprint density at radius 3 is 2.62 bits per heavy atom. The van der Waals surface area contributed by atoms with E-state index in [1.54, 1.807) is 13.0 Å². The monoisotopic (exact) mass is 225 g/mol. The van der Waals surface area contributed by atoms with E-state index in [4.69, 9.17) is 9.84 Å². The van der Waals surface area contributed by atoms with Gasteiger partial charge in [-0.3, -0.25) is 0 Å². The van der Waals surface area contributed by atoms with E-state index < -0.39 is 0 Å². The van der Waals surface area contributed by atoms with Crippen LogP contribution in [0.2, 0.25) is 0 Å². The molecule has 3 heteroatoms. The summed E-state index contributed by atoms with van der Waals surface area (Å²) in [6, 6.07) is 4.50. The van der Waals surface area contributed by atoms with Crippen molar-refractivity contribution in [3.05, 3.63) is 35.5 Å². The van der Waals surface area contributed by atoms with Crippen molar-refractivity contribution in [3.63, 3.8) is 0 Å². The summed E-state index contributed by atoms with van der Waals surface area (Å²) in [5, 5.41) is 8.99. The largest absolute Gasteiger partial charge is 0.493 e. The van der Waals surface area contributed by atoms with Gasteiger partial charge in [0, 0.05) is 12.0 Å². The highest BCUT2D eigenvalue weighted by Crippen LogP contribution is 2.22. The number of benzene rings is 1. The molecule has 1 rings (SSSR count). The van der Waals surface area contributed by atoms with E-state index in [9.17, 15) is 4.39 Å². The maximum atomic E-state index is 13.3. The number of hydrogen-bond acceptors (Lipinski definition) is 2. The first-order valence-electron chi connectivity index (χ1n) is 5.40. The molecule has 0 aliphatic rings. The van der Waals surface area contributed by atoms with Gasteiger partial charge in [-0.2, -0.15) is 0 Å². The predicted molar refractivity (Wildman–Crippen MR) is 61.8 cm³/mol. The summed E-state index contributed by atoms with van der Waals surface area (Å²) in [5.41, 5.74) is 0.682. The van der Waals surface area contributed by atoms with Crippen molar-refractivity contribution >= 4 is 0 Å². The third kappa shape index (κ3) is 3.81. The van der Waals surface area contributed by atoms with Crippen LogP contribution in [-0.2, 0) is 0 Å². The lowest BCUT2D eigenvalue weighted by Gasteiger charge is -2.12. The summed E-state index contributed by atoms with van der Waals surface area (Å²) in [6.45, 7) is 6.31. The summed E-state index contributed by atoms with van der Waals surface area (Å²) in [6.07, 6.45) is 0. The summed E-state index contributed by atoms with van der Waals surface area (Å²) < 4.78 is 18.7. The molecule has 0 aliphatic carbocycles. The van der Waals surface area contributed by atoms with E-state index in [0.29, 0.717) is 23.8 Å². The zero-order valence-electron chi connectivity index (χ0n) is 9.96. The molecule has 0 saturated heterocycles. The van der Waals surface area contributed by atoms with Crippen LogP contribution < -0.4 is 4.74 Å². The van der Waals surface area contributed by atoms with Crippen molar-refractivity contribution in [1.29, 1.82) is 0 Å². The first-order chi connectivity index (χ1) is 7.52. The van der Waals surface area contributed by atoms with Gasteiger partial charge in [-0.25, -0.2) is 4.39 Å². The van der Waals surface area contributed by atoms with Gasteiger partial charge in [0.15, 0.2) is 0 Å². The van der Waals surface area contributed by atoms with Gasteiger partial charge in [0.25, 0.3) is 0 Å². The van der Waals surface area contributed by atoms with Crippen molar-refractivity contribution in [3.8, 4) is 5.75 Å². The molecule has 1 aromatic carbocycles. The van der Waals surface area contributed by atoms with Crippen LogP contribution in [0.15, 0.2) is 18.2 Å². The first-order valence-corrected chi connectivity index (χ1v) is 5.40. The Morgan fingerprint density at radius 1 is 1.38 bits per heavy atom. The SMILES string of the molecule is C[C](CO)c1cc(F)cc(OCC(C)C)c1. The van der Waals surface area contributed by atoms with Gasteiger partial charge >= 0.3 is 0 Å². The van der Waals surface area contributed by atoms with Crippen molar-refractivity contribution in [2.24, 2.45) is 5.92 Å². The van der Waals surface area contributed by atoms with E-state index in [0.717, 1.165) is 5.92 Å². The molecule has 1 radical (unpaired) electrons. The molecule has 0 fully saturated rings. The van der Waals surface area contributed by atoms with E-state index in [1.807, 2.05) is 13.8 Å². The Hall–Kier alpha value is -1.09. The van der Waals surface area contributed by atoms with Crippen LogP contribution in [-0.4, -0.2) is 18.3 Å². The van der Waals surface area contributed by atoms with Crippen LogP contribution >= 0.6 is 0 Å². The van der Waals surface area contributed by atoms with Crippen LogP contribution in [0.5, 0.6) is 5.75 Å². The fraction of sp³-hybridized carbons (Fsp3) is 0.462. The minimum atomic E-state index is -0.343. The standard InChI is InChI=1S/C13H18FO2/c1-9(2)8-16-13-5-11(10(3)7-15)4-12(14)6-13/h4-6,9,15H,7-8H2,1-3H3. The van der Waals surface area contributed by atoms with E-state index in [-0.39, 0.29) is 12.4 Å². The lowest BCUT2D eigenvalue weighted by atomic mass is 10.0. The van der Waals surface area contributed by atoms with Crippen molar-refractivity contribution < 1.29 is 14.2 Å². The highest BCUT2D eigenvalue weighted by Gasteiger charge is 2.09. The van der Waals surface area contributed by atoms with Gasteiger partial charge in [-0.1, -0.05) is 20.8 Å². The third-order valence-corrected chi connectivity index (χ3v) is 2.18. The number of hydrogen-bond donors (Lipinski definition) is 1. The van der Waals surface area contributed by atoms with E-state index in [2.05, 4.69) is 0 Å². The van der Waals surface area contributed by atoms with E-state index >= 15 is 0 Å². The zero-order valence-corrected chi connectivity index (χ0v) is 9.96. The normalized spacial score (nSPS) is 11.2. The van der Waals surface area contributed by atoms with Crippen LogP contribution in [0.3, 0.4) is 0 Å². The van der Waals surface area contributed by atoms with Crippen molar-refractivity contribution in [1.82, 2.24) is 0 Å². The molecule has 0 aromatic heterocycles. The Kier molecular flexibility index (Phi) is 4.74. The summed E-state index contributed by atoms with van der Waals surface area (Å²) >= 11 is 0. The highest BCUT2D eigenvalue weighted by molar-refractivity contribution is 5.37. The molecule has 0 spiro atoms. The van der Waals surface area contributed by atoms with Crippen LogP contribution in [0.1, 0.15) is 26.3 Å². The molecule has 1 aromatic rings. The minimum absolute atomic E-state index is 0.0763. The topological polar surface area (TPSA) is 29.5 Å². The van der Waals surface area contributed by atoms with Crippen molar-refractivity contribution in [2.45, 2.75) is 20.8 Å². The molecule has 0 bridgehead atoms. The highest BCUT2D eigenvalue weighted by atomic mass is 19.1. The van der Waals surface area contributed by atoms with Gasteiger partial charge in [0.05, 0.1) is 13.2 Å². The maximum Gasteiger partial charge on any atom is 0.127 e. The number of ether oxygens (including phenoxy) is 1. The molecule has 0 amide bonds. The molecule has 0 heterocycles. The lowest BCUT2D eigenvalue weighted by Crippen LogP contribution is -2.06. The summed E-state index contributed by atoms with van der Waals surface area (Å²) in [5.74, 6) is 1.30. The van der Waals surface area contributed by atoms with Crippen molar-refractivity contribution in [2.75, 3.05) is 13.2 Å². The molecular formula is C13H18FO2. The van der Waals surface area contributed by atoms with Gasteiger partial charge in [0.1, 0.15) is 11.6 Å². The quantitative estimate of drug-likeness (QED) is 0.835. The first kappa shape index (κ1) is 13.0. The number of aliphatic hydroxyl groups is 1. The minimum Gasteiger partial charge on any atom is -0.493 e. The molecule has 2 nitrogen and oxygen atoms in total. The van der Waals surface area contributed by atoms with E-state index in [1.165, 1.54) is 12.1 Å². The average molecular weight is 225 g/mol. The maximum absolute atomic E-state index is 13.3. The lowest BCUT2D eigenvalue weighted by molar-refractivity contribution is 0.269. The molecule has 89 valence electrons. The van der Waals surface area contributed by atoms with Crippen LogP contribution in [0, 0.1) is 17.7 Å². The Labute approximate surface area is 96.1 Å². The molecule has 16 heavy (non-hydrogen) atoms. The molecule has 0 unspecified atom stereocenters. The Balaban J connectivity index is 2.81. The van der Waals surface area contributed by atoms with Gasteiger partial charge in [-0.15, -0.1) is 0 Å². The second kappa shape index (κ2) is 5.85. The predicted octanol–water partition coefficient (Wildman–Crippen LogP) is 2.80. The Bertz CT molecular complexity index is 337. The second-order valence-electron chi connectivity index (χ2n) is 4.32. The van der Waals surface area contributed by atoms with Gasteiger partial charge in [0.2, 0.25) is 0 Å². The smallest absolute Gasteiger partial charge is 0.127 e. The summed E-state index contributed by atoms with van der Waals surface area (Å²) in [4.78, 5) is 0. The average Bonchev–Trinajstić information content (AvgIpc) is 2.24. The van der Waals surface area contributed by atoms with Crippen LogP contribution in [0.4, 0.5) is 4.39 Å². The molecular weight excluding hydrogens is 207 g/mol. The zero-order chi connectivity index (χ0) is 12.1. The third-order valence-electron chi connectivity index (χ3n) is 2.18. The fourth-order valence-corrected chi connectivity index (χ4v) is 1.25. The number of aliphatic hydroxyl groups excluding tert-OH is 1. The molecule has 0 aliphatic heterocycles. The molecule has 0 saturated carbocycles. The van der Waals surface area contributed by atoms with Gasteiger partial charge < -0.3 is 9.84 Å². The van der Waals surface area contributed by atoms with Gasteiger partial charge in [-0.05, 0) is 23.6 Å². The number of halogens is 1. The Morgan fingerprint density at radius 2 is 2.06 bits per heavy atom. The number of rotatable bonds is 5.